The lowest BCUT2D eigenvalue weighted by atomic mass is 10.1. The van der Waals surface area contributed by atoms with Crippen molar-refractivity contribution in [1.29, 1.82) is 0 Å². The molecule has 0 unspecified atom stereocenters. The topological polar surface area (TPSA) is 69.6 Å². The molecule has 1 saturated carbocycles. The Kier molecular flexibility index (Phi) is 5.42. The van der Waals surface area contributed by atoms with Crippen LogP contribution in [-0.2, 0) is 11.3 Å². The maximum absolute atomic E-state index is 12.4. The summed E-state index contributed by atoms with van der Waals surface area (Å²) in [5, 5.41) is 12.3. The fraction of sp³-hybridized carbons (Fsp3) is 0.556. The maximum atomic E-state index is 12.4. The van der Waals surface area contributed by atoms with Gasteiger partial charge in [0.2, 0.25) is 5.91 Å². The van der Waals surface area contributed by atoms with Crippen molar-refractivity contribution in [2.45, 2.75) is 45.2 Å². The Morgan fingerprint density at radius 3 is 2.35 bits per heavy atom. The summed E-state index contributed by atoms with van der Waals surface area (Å²) in [6.45, 7) is 4.50. The third kappa shape index (κ3) is 4.32. The van der Waals surface area contributed by atoms with Gasteiger partial charge in [-0.25, -0.2) is 0 Å². The van der Waals surface area contributed by atoms with Crippen molar-refractivity contribution >= 4 is 11.8 Å². The predicted octanol–water partition coefficient (Wildman–Crippen LogP) is 1.95. The number of hydrogen-bond acceptors (Lipinski definition) is 3. The number of rotatable bonds is 7. The van der Waals surface area contributed by atoms with Crippen LogP contribution in [0, 0.1) is 5.92 Å². The first-order valence-corrected chi connectivity index (χ1v) is 8.12. The van der Waals surface area contributed by atoms with Gasteiger partial charge in [-0.2, -0.15) is 0 Å². The summed E-state index contributed by atoms with van der Waals surface area (Å²) in [4.78, 5) is 25.7. The summed E-state index contributed by atoms with van der Waals surface area (Å²) in [6.07, 6.45) is 2.22. The van der Waals surface area contributed by atoms with Crippen LogP contribution in [0.3, 0.4) is 0 Å². The van der Waals surface area contributed by atoms with E-state index in [1.807, 2.05) is 26.0 Å². The zero-order valence-electron chi connectivity index (χ0n) is 14.1. The van der Waals surface area contributed by atoms with Gasteiger partial charge in [0.05, 0.1) is 12.1 Å². The van der Waals surface area contributed by atoms with Crippen LogP contribution in [0.5, 0.6) is 0 Å². The van der Waals surface area contributed by atoms with Gasteiger partial charge in [0.1, 0.15) is 0 Å². The van der Waals surface area contributed by atoms with Crippen LogP contribution < -0.4 is 5.32 Å². The minimum atomic E-state index is -0.361. The number of nitrogens with one attached hydrogen (secondary N) is 1. The van der Waals surface area contributed by atoms with Crippen LogP contribution in [0.15, 0.2) is 24.3 Å². The highest BCUT2D eigenvalue weighted by molar-refractivity contribution is 5.94. The van der Waals surface area contributed by atoms with Gasteiger partial charge in [0.15, 0.2) is 0 Å². The van der Waals surface area contributed by atoms with Gasteiger partial charge in [0, 0.05) is 25.6 Å². The molecule has 0 heterocycles. The highest BCUT2D eigenvalue weighted by atomic mass is 16.3. The Hall–Kier alpha value is -1.88. The standard InChI is InChI=1S/C18H26N2O3/c1-13(2)10-16(22)19-11-14-4-6-15(7-5-14)17(23)20(3)18(12-21)8-9-18/h4-7,13,21H,8-12H2,1-3H3,(H,19,22). The van der Waals surface area contributed by atoms with Gasteiger partial charge < -0.3 is 15.3 Å². The first kappa shape index (κ1) is 17.5. The lowest BCUT2D eigenvalue weighted by Gasteiger charge is -2.26. The number of aliphatic hydroxyl groups excluding tert-OH is 1. The zero-order chi connectivity index (χ0) is 17.0. The molecule has 0 saturated heterocycles. The third-order valence-electron chi connectivity index (χ3n) is 4.42. The van der Waals surface area contributed by atoms with E-state index < -0.39 is 0 Å². The minimum absolute atomic E-state index is 0.00913. The van der Waals surface area contributed by atoms with Crippen LogP contribution in [-0.4, -0.2) is 41.0 Å². The molecule has 1 aromatic carbocycles. The van der Waals surface area contributed by atoms with Gasteiger partial charge in [-0.05, 0) is 36.5 Å². The first-order chi connectivity index (χ1) is 10.9. The summed E-state index contributed by atoms with van der Waals surface area (Å²) in [5.74, 6) is 0.303. The van der Waals surface area contributed by atoms with E-state index in [4.69, 9.17) is 0 Å². The van der Waals surface area contributed by atoms with Crippen LogP contribution in [0.1, 0.15) is 49.0 Å². The highest BCUT2D eigenvalue weighted by Gasteiger charge is 2.48. The smallest absolute Gasteiger partial charge is 0.254 e. The molecule has 1 fully saturated rings. The van der Waals surface area contributed by atoms with E-state index in [0.717, 1.165) is 18.4 Å². The molecule has 0 aliphatic heterocycles. The molecule has 0 aromatic heterocycles. The zero-order valence-corrected chi connectivity index (χ0v) is 14.1. The van der Waals surface area contributed by atoms with E-state index in [9.17, 15) is 14.7 Å². The van der Waals surface area contributed by atoms with Crippen LogP contribution in [0.2, 0.25) is 0 Å². The van der Waals surface area contributed by atoms with Gasteiger partial charge in [0.25, 0.3) is 5.91 Å². The number of amides is 2. The Morgan fingerprint density at radius 2 is 1.87 bits per heavy atom. The summed E-state index contributed by atoms with van der Waals surface area (Å²) in [5.41, 5.74) is 1.20. The quantitative estimate of drug-likeness (QED) is 0.807. The molecule has 1 aliphatic rings. The molecule has 1 aliphatic carbocycles. The SMILES string of the molecule is CC(C)CC(=O)NCc1ccc(C(=O)N(C)C2(CO)CC2)cc1. The molecule has 126 valence electrons. The van der Waals surface area contributed by atoms with E-state index in [1.54, 1.807) is 24.1 Å². The normalized spacial score (nSPS) is 15.3. The second-order valence-electron chi connectivity index (χ2n) is 6.82. The molecule has 23 heavy (non-hydrogen) atoms. The monoisotopic (exact) mass is 318 g/mol. The molecule has 1 aromatic rings. The largest absolute Gasteiger partial charge is 0.394 e. The third-order valence-corrected chi connectivity index (χ3v) is 4.42. The number of hydrogen-bond donors (Lipinski definition) is 2. The van der Waals surface area contributed by atoms with Crippen molar-refractivity contribution < 1.29 is 14.7 Å². The lowest BCUT2D eigenvalue weighted by molar-refractivity contribution is -0.121. The van der Waals surface area contributed by atoms with E-state index in [2.05, 4.69) is 5.32 Å². The van der Waals surface area contributed by atoms with E-state index in [0.29, 0.717) is 24.4 Å². The molecule has 0 atom stereocenters. The summed E-state index contributed by atoms with van der Waals surface area (Å²) >= 11 is 0. The molecule has 0 bridgehead atoms. The van der Waals surface area contributed by atoms with Gasteiger partial charge in [-0.1, -0.05) is 26.0 Å². The fourth-order valence-corrected chi connectivity index (χ4v) is 2.56. The Balaban J connectivity index is 1.91. The van der Waals surface area contributed by atoms with E-state index in [1.165, 1.54) is 0 Å². The van der Waals surface area contributed by atoms with Gasteiger partial charge in [-0.3, -0.25) is 9.59 Å². The fourth-order valence-electron chi connectivity index (χ4n) is 2.56. The molecule has 2 amide bonds. The molecule has 0 spiro atoms. The lowest BCUT2D eigenvalue weighted by Crippen LogP contribution is -2.41. The number of aliphatic hydroxyl groups is 1. The predicted molar refractivity (Wildman–Crippen MR) is 88.9 cm³/mol. The summed E-state index contributed by atoms with van der Waals surface area (Å²) in [7, 11) is 1.74. The van der Waals surface area contributed by atoms with Gasteiger partial charge >= 0.3 is 0 Å². The van der Waals surface area contributed by atoms with Crippen molar-refractivity contribution in [3.8, 4) is 0 Å². The van der Waals surface area contributed by atoms with Crippen molar-refractivity contribution in [3.63, 3.8) is 0 Å². The number of benzene rings is 1. The molecule has 5 nitrogen and oxygen atoms in total. The number of nitrogens with zero attached hydrogens (tertiary/aromatic N) is 1. The Labute approximate surface area is 137 Å². The molecule has 0 radical (unpaired) electrons. The number of carbonyl (C=O) groups excluding carboxylic acids is 2. The number of carbonyl (C=O) groups is 2. The van der Waals surface area contributed by atoms with Gasteiger partial charge in [-0.15, -0.1) is 0 Å². The molecular formula is C18H26N2O3. The van der Waals surface area contributed by atoms with Crippen LogP contribution >= 0.6 is 0 Å². The van der Waals surface area contributed by atoms with Crippen LogP contribution in [0.4, 0.5) is 0 Å². The van der Waals surface area contributed by atoms with E-state index >= 15 is 0 Å². The molecular weight excluding hydrogens is 292 g/mol. The Bertz CT molecular complexity index is 562. The second-order valence-corrected chi connectivity index (χ2v) is 6.82. The maximum Gasteiger partial charge on any atom is 0.254 e. The molecule has 5 heteroatoms. The highest BCUT2D eigenvalue weighted by Crippen LogP contribution is 2.40. The molecule has 2 N–H and O–H groups in total. The molecule has 2 rings (SSSR count). The van der Waals surface area contributed by atoms with Crippen molar-refractivity contribution in [3.05, 3.63) is 35.4 Å². The average molecular weight is 318 g/mol. The second kappa shape index (κ2) is 7.13. The number of likely N-dealkylation sites (N-methyl/N-ethyl adjacent to an activating group) is 1. The summed E-state index contributed by atoms with van der Waals surface area (Å²) in [6, 6.07) is 7.26. The average Bonchev–Trinajstić information content (AvgIpc) is 3.32. The first-order valence-electron chi connectivity index (χ1n) is 8.12. The summed E-state index contributed by atoms with van der Waals surface area (Å²) < 4.78 is 0. The minimum Gasteiger partial charge on any atom is -0.394 e. The van der Waals surface area contributed by atoms with E-state index in [-0.39, 0.29) is 24.0 Å². The van der Waals surface area contributed by atoms with Crippen molar-refractivity contribution in [1.82, 2.24) is 10.2 Å². The van der Waals surface area contributed by atoms with Crippen molar-refractivity contribution in [2.24, 2.45) is 5.92 Å². The van der Waals surface area contributed by atoms with Crippen molar-refractivity contribution in [2.75, 3.05) is 13.7 Å². The van der Waals surface area contributed by atoms with Crippen LogP contribution in [0.25, 0.3) is 0 Å². The Morgan fingerprint density at radius 1 is 1.26 bits per heavy atom.